The maximum absolute atomic E-state index is 12.5. The van der Waals surface area contributed by atoms with Crippen LogP contribution in [0.1, 0.15) is 30.6 Å². The largest absolute Gasteiger partial charge is 0.422 e. The van der Waals surface area contributed by atoms with E-state index in [0.717, 1.165) is 18.4 Å². The third-order valence-electron chi connectivity index (χ3n) is 4.40. The molecule has 1 aliphatic heterocycles. The van der Waals surface area contributed by atoms with Crippen molar-refractivity contribution in [1.82, 2.24) is 10.6 Å². The molecule has 1 aromatic carbocycles. The summed E-state index contributed by atoms with van der Waals surface area (Å²) in [5.41, 5.74) is -0.0472. The first kappa shape index (κ1) is 17.5. The molecule has 5 nitrogen and oxygen atoms in total. The molecule has 3 rings (SSSR count). The zero-order valence-corrected chi connectivity index (χ0v) is 14.0. The summed E-state index contributed by atoms with van der Waals surface area (Å²) in [6, 6.07) is 8.96. The Morgan fingerprint density at radius 1 is 1.30 bits per heavy atom. The summed E-state index contributed by atoms with van der Waals surface area (Å²) in [7, 11) is 0. The third-order valence-corrected chi connectivity index (χ3v) is 4.40. The van der Waals surface area contributed by atoms with Crippen molar-refractivity contribution in [3.8, 4) is 0 Å². The molecule has 0 saturated carbocycles. The molecule has 3 unspecified atom stereocenters. The van der Waals surface area contributed by atoms with Crippen LogP contribution in [0.25, 0.3) is 11.0 Å². The van der Waals surface area contributed by atoms with Gasteiger partial charge < -0.3 is 15.1 Å². The van der Waals surface area contributed by atoms with E-state index in [2.05, 4.69) is 17.6 Å². The van der Waals surface area contributed by atoms with E-state index in [-0.39, 0.29) is 36.0 Å². The smallest absolute Gasteiger partial charge is 0.349 e. The van der Waals surface area contributed by atoms with Gasteiger partial charge in [0.15, 0.2) is 0 Å². The summed E-state index contributed by atoms with van der Waals surface area (Å²) in [6.45, 7) is 5.11. The number of rotatable bonds is 2. The molecule has 6 heteroatoms. The van der Waals surface area contributed by atoms with E-state index in [4.69, 9.17) is 4.42 Å². The van der Waals surface area contributed by atoms with Gasteiger partial charge in [0.1, 0.15) is 11.1 Å². The molecule has 0 spiro atoms. The maximum atomic E-state index is 12.5. The standard InChI is InChI=1S/C17H20N2O3.ClH/c1-10-7-8-18-11(2)15(10)19-16(20)13-9-12-5-3-4-6-14(12)22-17(13)21;/h3-6,9-11,15,18H,7-8H2,1-2H3,(H,19,20);1H. The zero-order chi connectivity index (χ0) is 15.7. The molecule has 124 valence electrons. The molecule has 2 N–H and O–H groups in total. The second-order valence-corrected chi connectivity index (χ2v) is 5.99. The minimum Gasteiger partial charge on any atom is -0.422 e. The number of hydrogen-bond donors (Lipinski definition) is 2. The molecule has 3 atom stereocenters. The highest BCUT2D eigenvalue weighted by molar-refractivity contribution is 5.96. The summed E-state index contributed by atoms with van der Waals surface area (Å²) < 4.78 is 5.22. The normalized spacial score (nSPS) is 24.0. The fourth-order valence-corrected chi connectivity index (χ4v) is 3.05. The molecule has 0 aliphatic carbocycles. The monoisotopic (exact) mass is 336 g/mol. The molecule has 1 saturated heterocycles. The van der Waals surface area contributed by atoms with Crippen molar-refractivity contribution in [2.45, 2.75) is 32.4 Å². The summed E-state index contributed by atoms with van der Waals surface area (Å²) >= 11 is 0. The third kappa shape index (κ3) is 3.57. The number of nitrogens with one attached hydrogen (secondary N) is 2. The second-order valence-electron chi connectivity index (χ2n) is 5.99. The number of hydrogen-bond acceptors (Lipinski definition) is 4. The van der Waals surface area contributed by atoms with E-state index in [9.17, 15) is 9.59 Å². The first-order chi connectivity index (χ1) is 10.6. The Kier molecular flexibility index (Phi) is 5.44. The molecule has 0 bridgehead atoms. The maximum Gasteiger partial charge on any atom is 0.349 e. The predicted octanol–water partition coefficient (Wildman–Crippen LogP) is 2.33. The first-order valence-electron chi connectivity index (χ1n) is 7.63. The molecule has 1 aromatic heterocycles. The highest BCUT2D eigenvalue weighted by Gasteiger charge is 2.29. The Bertz CT molecular complexity index is 749. The highest BCUT2D eigenvalue weighted by Crippen LogP contribution is 2.17. The number of carbonyl (C=O) groups is 1. The van der Waals surface area contributed by atoms with Crippen LogP contribution in [0.15, 0.2) is 39.5 Å². The lowest BCUT2D eigenvalue weighted by Crippen LogP contribution is -2.56. The van der Waals surface area contributed by atoms with Crippen LogP contribution in [0, 0.1) is 5.92 Å². The summed E-state index contributed by atoms with van der Waals surface area (Å²) in [6.07, 6.45) is 1.00. The van der Waals surface area contributed by atoms with Gasteiger partial charge in [0, 0.05) is 17.5 Å². The van der Waals surface area contributed by atoms with Crippen LogP contribution in [0.5, 0.6) is 0 Å². The van der Waals surface area contributed by atoms with E-state index >= 15 is 0 Å². The quantitative estimate of drug-likeness (QED) is 0.826. The number of carbonyl (C=O) groups excluding carboxylic acids is 1. The highest BCUT2D eigenvalue weighted by atomic mass is 35.5. The van der Waals surface area contributed by atoms with Gasteiger partial charge in [-0.3, -0.25) is 4.79 Å². The van der Waals surface area contributed by atoms with E-state index < -0.39 is 5.63 Å². The average molecular weight is 337 g/mol. The number of amides is 1. The van der Waals surface area contributed by atoms with Gasteiger partial charge in [0.05, 0.1) is 0 Å². The lowest BCUT2D eigenvalue weighted by Gasteiger charge is -2.35. The van der Waals surface area contributed by atoms with Crippen LogP contribution in [0.2, 0.25) is 0 Å². The molecule has 0 radical (unpaired) electrons. The van der Waals surface area contributed by atoms with Gasteiger partial charge in [-0.05, 0) is 37.9 Å². The van der Waals surface area contributed by atoms with Crippen molar-refractivity contribution in [2.75, 3.05) is 6.54 Å². The minimum absolute atomic E-state index is 0. The Morgan fingerprint density at radius 3 is 2.78 bits per heavy atom. The number of piperidine rings is 1. The van der Waals surface area contributed by atoms with Gasteiger partial charge >= 0.3 is 5.63 Å². The van der Waals surface area contributed by atoms with Crippen LogP contribution in [-0.4, -0.2) is 24.5 Å². The van der Waals surface area contributed by atoms with Crippen molar-refractivity contribution in [2.24, 2.45) is 5.92 Å². The Labute approximate surface area is 140 Å². The topological polar surface area (TPSA) is 71.3 Å². The molecule has 2 aromatic rings. The molecule has 1 amide bonds. The van der Waals surface area contributed by atoms with Crippen molar-refractivity contribution < 1.29 is 9.21 Å². The van der Waals surface area contributed by atoms with Crippen LogP contribution < -0.4 is 16.3 Å². The van der Waals surface area contributed by atoms with E-state index in [0.29, 0.717) is 11.5 Å². The van der Waals surface area contributed by atoms with E-state index in [1.54, 1.807) is 18.2 Å². The molecular weight excluding hydrogens is 316 g/mol. The van der Waals surface area contributed by atoms with Crippen LogP contribution in [0.3, 0.4) is 0 Å². The minimum atomic E-state index is -0.597. The SMILES string of the molecule is CC1CCNC(C)C1NC(=O)c1cc2ccccc2oc1=O.Cl. The summed E-state index contributed by atoms with van der Waals surface area (Å²) in [5, 5.41) is 7.07. The molecule has 2 heterocycles. The molecule has 23 heavy (non-hydrogen) atoms. The average Bonchev–Trinajstić information content (AvgIpc) is 2.50. The Balaban J connectivity index is 0.00000192. The second kappa shape index (κ2) is 7.15. The van der Waals surface area contributed by atoms with E-state index in [1.165, 1.54) is 0 Å². The van der Waals surface area contributed by atoms with Gasteiger partial charge in [-0.1, -0.05) is 25.1 Å². The fourth-order valence-electron chi connectivity index (χ4n) is 3.05. The van der Waals surface area contributed by atoms with Crippen molar-refractivity contribution in [1.29, 1.82) is 0 Å². The van der Waals surface area contributed by atoms with Gasteiger partial charge in [0.25, 0.3) is 5.91 Å². The number of benzene rings is 1. The van der Waals surface area contributed by atoms with Crippen molar-refractivity contribution >= 4 is 29.3 Å². The number of halogens is 1. The van der Waals surface area contributed by atoms with Crippen LogP contribution in [-0.2, 0) is 0 Å². The fraction of sp³-hybridized carbons (Fsp3) is 0.412. The summed E-state index contributed by atoms with van der Waals surface area (Å²) in [4.78, 5) is 24.5. The Hall–Kier alpha value is -1.85. The Morgan fingerprint density at radius 2 is 2.04 bits per heavy atom. The van der Waals surface area contributed by atoms with E-state index in [1.807, 2.05) is 19.1 Å². The molecule has 1 fully saturated rings. The molecular formula is C17H21ClN2O3. The number of para-hydroxylation sites is 1. The van der Waals surface area contributed by atoms with Crippen LogP contribution >= 0.6 is 12.4 Å². The first-order valence-corrected chi connectivity index (χ1v) is 7.63. The lowest BCUT2D eigenvalue weighted by atomic mass is 9.89. The lowest BCUT2D eigenvalue weighted by molar-refractivity contribution is 0.0894. The van der Waals surface area contributed by atoms with Crippen molar-refractivity contribution in [3.63, 3.8) is 0 Å². The summed E-state index contributed by atoms with van der Waals surface area (Å²) in [5.74, 6) is -0.000370. The van der Waals surface area contributed by atoms with Crippen LogP contribution in [0.4, 0.5) is 0 Å². The predicted molar refractivity (Wildman–Crippen MR) is 92.2 cm³/mol. The van der Waals surface area contributed by atoms with Crippen molar-refractivity contribution in [3.05, 3.63) is 46.3 Å². The van der Waals surface area contributed by atoms with Gasteiger partial charge in [0.2, 0.25) is 0 Å². The van der Waals surface area contributed by atoms with Gasteiger partial charge in [-0.15, -0.1) is 12.4 Å². The molecule has 1 aliphatic rings. The van der Waals surface area contributed by atoms with Gasteiger partial charge in [-0.2, -0.15) is 0 Å². The zero-order valence-electron chi connectivity index (χ0n) is 13.2. The number of fused-ring (bicyclic) bond motifs is 1. The van der Waals surface area contributed by atoms with Gasteiger partial charge in [-0.25, -0.2) is 4.79 Å².